The molecule has 0 saturated heterocycles. The van der Waals surface area contributed by atoms with Crippen LogP contribution >= 0.6 is 0 Å². The van der Waals surface area contributed by atoms with Crippen molar-refractivity contribution in [1.29, 1.82) is 0 Å². The summed E-state index contributed by atoms with van der Waals surface area (Å²) in [6, 6.07) is 18.1. The maximum atomic E-state index is 5.86. The molecule has 0 aromatic heterocycles. The molecule has 0 spiro atoms. The lowest BCUT2D eigenvalue weighted by Crippen LogP contribution is -2.12. The Morgan fingerprint density at radius 2 is 1.36 bits per heavy atom. The molecule has 1 atom stereocenters. The number of nitrogens with two attached hydrogens (primary N) is 1. The lowest BCUT2D eigenvalue weighted by Gasteiger charge is -2.22. The summed E-state index contributed by atoms with van der Waals surface area (Å²) in [5.41, 5.74) is 11.6. The largest absolute Gasteiger partial charge is 0.330 e. The minimum Gasteiger partial charge on any atom is -0.330 e. The van der Waals surface area contributed by atoms with E-state index in [-0.39, 0.29) is 5.41 Å². The molecule has 22 heavy (non-hydrogen) atoms. The third kappa shape index (κ3) is 3.98. The normalized spacial score (nSPS) is 13.1. The summed E-state index contributed by atoms with van der Waals surface area (Å²) < 4.78 is 0. The Morgan fingerprint density at radius 1 is 0.864 bits per heavy atom. The highest BCUT2D eigenvalue weighted by atomic mass is 14.5. The molecule has 1 unspecified atom stereocenters. The molecule has 0 amide bonds. The van der Waals surface area contributed by atoms with E-state index < -0.39 is 0 Å². The maximum absolute atomic E-state index is 5.86. The first-order valence-electron chi connectivity index (χ1n) is 8.35. The monoisotopic (exact) mass is 295 g/mol. The van der Waals surface area contributed by atoms with Gasteiger partial charge in [-0.3, -0.25) is 0 Å². The van der Waals surface area contributed by atoms with Crippen molar-refractivity contribution in [1.82, 2.24) is 0 Å². The van der Waals surface area contributed by atoms with Gasteiger partial charge < -0.3 is 5.73 Å². The van der Waals surface area contributed by atoms with Crippen molar-refractivity contribution in [2.24, 2.45) is 5.73 Å². The zero-order valence-corrected chi connectivity index (χ0v) is 14.4. The lowest BCUT2D eigenvalue weighted by atomic mass is 9.83. The zero-order valence-electron chi connectivity index (χ0n) is 14.4. The fraction of sp³-hybridized carbons (Fsp3) is 0.429. The van der Waals surface area contributed by atoms with Crippen molar-refractivity contribution in [3.63, 3.8) is 0 Å². The number of rotatable bonds is 5. The summed E-state index contributed by atoms with van der Waals surface area (Å²) in [5.74, 6) is 0.393. The van der Waals surface area contributed by atoms with Gasteiger partial charge in [0, 0.05) is 5.92 Å². The Hall–Kier alpha value is -1.60. The fourth-order valence-corrected chi connectivity index (χ4v) is 2.89. The molecule has 1 heteroatoms. The van der Waals surface area contributed by atoms with Crippen LogP contribution in [0.15, 0.2) is 48.5 Å². The van der Waals surface area contributed by atoms with Crippen LogP contribution in [0.3, 0.4) is 0 Å². The third-order valence-corrected chi connectivity index (χ3v) is 4.42. The van der Waals surface area contributed by atoms with Gasteiger partial charge in [0.25, 0.3) is 0 Å². The number of hydrogen-bond donors (Lipinski definition) is 1. The Labute approximate surface area is 135 Å². The molecular weight excluding hydrogens is 266 g/mol. The fourth-order valence-electron chi connectivity index (χ4n) is 2.89. The van der Waals surface area contributed by atoms with E-state index in [1.54, 1.807) is 0 Å². The van der Waals surface area contributed by atoms with Gasteiger partial charge in [-0.1, -0.05) is 76.2 Å². The second kappa shape index (κ2) is 7.11. The van der Waals surface area contributed by atoms with E-state index in [1.807, 2.05) is 0 Å². The summed E-state index contributed by atoms with van der Waals surface area (Å²) in [7, 11) is 0. The number of benzene rings is 2. The molecule has 0 aliphatic rings. The number of aryl methyl sites for hydroxylation is 1. The van der Waals surface area contributed by atoms with Gasteiger partial charge in [0.1, 0.15) is 0 Å². The van der Waals surface area contributed by atoms with Crippen LogP contribution in [-0.4, -0.2) is 6.54 Å². The molecule has 2 aromatic carbocycles. The smallest absolute Gasteiger partial charge is 0.0101 e. The highest BCUT2D eigenvalue weighted by Gasteiger charge is 2.16. The molecule has 0 heterocycles. The van der Waals surface area contributed by atoms with Crippen LogP contribution in [0.2, 0.25) is 0 Å². The summed E-state index contributed by atoms with van der Waals surface area (Å²) in [4.78, 5) is 0. The van der Waals surface area contributed by atoms with E-state index in [2.05, 4.69) is 76.2 Å². The third-order valence-electron chi connectivity index (χ3n) is 4.42. The molecule has 2 N–H and O–H groups in total. The first-order chi connectivity index (χ1) is 10.5. The Balaban J connectivity index is 2.30. The van der Waals surface area contributed by atoms with Gasteiger partial charge in [0.05, 0.1) is 0 Å². The van der Waals surface area contributed by atoms with E-state index in [0.717, 1.165) is 12.8 Å². The van der Waals surface area contributed by atoms with Crippen LogP contribution < -0.4 is 5.73 Å². The van der Waals surface area contributed by atoms with Gasteiger partial charge in [-0.2, -0.15) is 0 Å². The van der Waals surface area contributed by atoms with Crippen molar-refractivity contribution in [2.45, 2.75) is 51.9 Å². The van der Waals surface area contributed by atoms with E-state index in [4.69, 9.17) is 5.73 Å². The van der Waals surface area contributed by atoms with Gasteiger partial charge in [-0.25, -0.2) is 0 Å². The molecule has 2 aromatic rings. The molecule has 0 aliphatic heterocycles. The lowest BCUT2D eigenvalue weighted by molar-refractivity contribution is 0.589. The second-order valence-corrected chi connectivity index (χ2v) is 7.10. The van der Waals surface area contributed by atoms with Crippen LogP contribution in [0, 0.1) is 0 Å². The van der Waals surface area contributed by atoms with Gasteiger partial charge >= 0.3 is 0 Å². The maximum Gasteiger partial charge on any atom is 0.0101 e. The van der Waals surface area contributed by atoms with Crippen LogP contribution in [0.25, 0.3) is 0 Å². The highest BCUT2D eigenvalue weighted by Crippen LogP contribution is 2.30. The zero-order chi connectivity index (χ0) is 16.2. The molecule has 118 valence electrons. The predicted octanol–water partition coefficient (Wildman–Crippen LogP) is 5.03. The highest BCUT2D eigenvalue weighted by molar-refractivity contribution is 5.37. The molecular formula is C21H29N. The van der Waals surface area contributed by atoms with Gasteiger partial charge in [0.15, 0.2) is 0 Å². The topological polar surface area (TPSA) is 26.0 Å². The average Bonchev–Trinajstić information content (AvgIpc) is 2.52. The van der Waals surface area contributed by atoms with Gasteiger partial charge in [0.2, 0.25) is 0 Å². The SMILES string of the molecule is CCc1ccc(C(CCN)c2ccc(C(C)(C)C)cc2)cc1. The van der Waals surface area contributed by atoms with Gasteiger partial charge in [-0.15, -0.1) is 0 Å². The Morgan fingerprint density at radius 3 is 1.77 bits per heavy atom. The second-order valence-electron chi connectivity index (χ2n) is 7.10. The van der Waals surface area contributed by atoms with Gasteiger partial charge in [-0.05, 0) is 47.1 Å². The van der Waals surface area contributed by atoms with Crippen molar-refractivity contribution in [3.05, 3.63) is 70.8 Å². The number of hydrogen-bond acceptors (Lipinski definition) is 1. The van der Waals surface area contributed by atoms with Crippen molar-refractivity contribution >= 4 is 0 Å². The minimum absolute atomic E-state index is 0.199. The van der Waals surface area contributed by atoms with Crippen LogP contribution in [0.5, 0.6) is 0 Å². The van der Waals surface area contributed by atoms with E-state index in [9.17, 15) is 0 Å². The standard InChI is InChI=1S/C21H29N/c1-5-16-6-8-17(9-7-16)20(14-15-22)18-10-12-19(13-11-18)21(2,3)4/h6-13,20H,5,14-15,22H2,1-4H3. The quantitative estimate of drug-likeness (QED) is 0.823. The Bertz CT molecular complexity index is 573. The van der Waals surface area contributed by atoms with E-state index in [0.29, 0.717) is 12.5 Å². The molecule has 0 radical (unpaired) electrons. The molecule has 0 bridgehead atoms. The first-order valence-corrected chi connectivity index (χ1v) is 8.35. The van der Waals surface area contributed by atoms with Crippen molar-refractivity contribution < 1.29 is 0 Å². The molecule has 0 fully saturated rings. The molecule has 0 saturated carbocycles. The molecule has 0 aliphatic carbocycles. The first kappa shape index (κ1) is 16.8. The molecule has 2 rings (SSSR count). The Kier molecular flexibility index (Phi) is 5.42. The van der Waals surface area contributed by atoms with Crippen LogP contribution in [0.4, 0.5) is 0 Å². The van der Waals surface area contributed by atoms with E-state index in [1.165, 1.54) is 22.3 Å². The van der Waals surface area contributed by atoms with Crippen molar-refractivity contribution in [2.75, 3.05) is 6.54 Å². The van der Waals surface area contributed by atoms with Crippen LogP contribution in [-0.2, 0) is 11.8 Å². The van der Waals surface area contributed by atoms with E-state index >= 15 is 0 Å². The summed E-state index contributed by atoms with van der Waals surface area (Å²) >= 11 is 0. The summed E-state index contributed by atoms with van der Waals surface area (Å²) in [6.45, 7) is 9.66. The summed E-state index contributed by atoms with van der Waals surface area (Å²) in [6.07, 6.45) is 2.07. The predicted molar refractivity (Wildman–Crippen MR) is 96.5 cm³/mol. The van der Waals surface area contributed by atoms with Crippen LogP contribution in [0.1, 0.15) is 62.3 Å². The van der Waals surface area contributed by atoms with Crippen molar-refractivity contribution in [3.8, 4) is 0 Å². The minimum atomic E-state index is 0.199. The average molecular weight is 295 g/mol. The molecule has 1 nitrogen and oxygen atoms in total. The summed E-state index contributed by atoms with van der Waals surface area (Å²) in [5, 5.41) is 0.